The Morgan fingerprint density at radius 2 is 2.19 bits per heavy atom. The maximum absolute atomic E-state index is 11.5. The molecule has 1 aliphatic carbocycles. The number of carbonyl (C=O) groups excluding carboxylic acids is 1. The lowest BCUT2D eigenvalue weighted by atomic mass is 9.84. The fourth-order valence-electron chi connectivity index (χ4n) is 2.65. The Morgan fingerprint density at radius 3 is 2.81 bits per heavy atom. The smallest absolute Gasteiger partial charge is 0.133 e. The molecule has 1 aliphatic rings. The zero-order valence-corrected chi connectivity index (χ0v) is 10.6. The third-order valence-corrected chi connectivity index (χ3v) is 3.71. The highest BCUT2D eigenvalue weighted by atomic mass is 16.3. The highest BCUT2D eigenvalue weighted by molar-refractivity contribution is 5.78. The first-order valence-electron chi connectivity index (χ1n) is 6.00. The molecule has 16 heavy (non-hydrogen) atoms. The van der Waals surface area contributed by atoms with Gasteiger partial charge in [-0.25, -0.2) is 0 Å². The van der Waals surface area contributed by atoms with Crippen LogP contribution in [0.4, 0.5) is 0 Å². The van der Waals surface area contributed by atoms with Crippen molar-refractivity contribution in [3.05, 3.63) is 23.2 Å². The minimum absolute atomic E-state index is 0.0633. The van der Waals surface area contributed by atoms with Crippen molar-refractivity contribution in [2.75, 3.05) is 0 Å². The van der Waals surface area contributed by atoms with Crippen molar-refractivity contribution < 1.29 is 9.21 Å². The summed E-state index contributed by atoms with van der Waals surface area (Å²) in [5, 5.41) is 0. The SMILES string of the molecule is CC(=O)C1CCC(C)(C)c2oc(C)cc2C1. The van der Waals surface area contributed by atoms with Crippen molar-refractivity contribution in [3.63, 3.8) is 0 Å². The summed E-state index contributed by atoms with van der Waals surface area (Å²) in [5.74, 6) is 2.54. The number of aryl methyl sites for hydroxylation is 1. The normalized spacial score (nSPS) is 23.6. The zero-order chi connectivity index (χ0) is 11.9. The van der Waals surface area contributed by atoms with Crippen molar-refractivity contribution in [1.82, 2.24) is 0 Å². The molecule has 2 rings (SSSR count). The lowest BCUT2D eigenvalue weighted by Gasteiger charge is -2.21. The number of furan rings is 1. The van der Waals surface area contributed by atoms with Gasteiger partial charge in [0.05, 0.1) is 0 Å². The first-order valence-corrected chi connectivity index (χ1v) is 6.00. The fourth-order valence-corrected chi connectivity index (χ4v) is 2.65. The van der Waals surface area contributed by atoms with E-state index in [1.54, 1.807) is 6.92 Å². The van der Waals surface area contributed by atoms with Crippen LogP contribution in [0.5, 0.6) is 0 Å². The lowest BCUT2D eigenvalue weighted by Crippen LogP contribution is -2.17. The second-order valence-electron chi connectivity index (χ2n) is 5.65. The fraction of sp³-hybridized carbons (Fsp3) is 0.643. The van der Waals surface area contributed by atoms with E-state index in [1.165, 1.54) is 5.56 Å². The van der Waals surface area contributed by atoms with E-state index in [0.717, 1.165) is 30.8 Å². The van der Waals surface area contributed by atoms with Gasteiger partial charge in [0.15, 0.2) is 0 Å². The Bertz CT molecular complexity index is 412. The number of carbonyl (C=O) groups is 1. The number of fused-ring (bicyclic) bond motifs is 1. The van der Waals surface area contributed by atoms with Crippen molar-refractivity contribution in [2.45, 2.75) is 52.4 Å². The molecule has 0 fully saturated rings. The molecule has 1 heterocycles. The highest BCUT2D eigenvalue weighted by Crippen LogP contribution is 2.39. The third-order valence-electron chi connectivity index (χ3n) is 3.71. The molecule has 0 saturated carbocycles. The third kappa shape index (κ3) is 1.93. The molecule has 1 aromatic heterocycles. The lowest BCUT2D eigenvalue weighted by molar-refractivity contribution is -0.120. The van der Waals surface area contributed by atoms with Gasteiger partial charge in [0.2, 0.25) is 0 Å². The molecule has 1 aromatic rings. The Morgan fingerprint density at radius 1 is 1.50 bits per heavy atom. The Balaban J connectivity index is 2.41. The van der Waals surface area contributed by atoms with Crippen LogP contribution >= 0.6 is 0 Å². The molecule has 0 aromatic carbocycles. The predicted octanol–water partition coefficient (Wildman–Crippen LogP) is 3.41. The van der Waals surface area contributed by atoms with Crippen LogP contribution < -0.4 is 0 Å². The monoisotopic (exact) mass is 220 g/mol. The van der Waals surface area contributed by atoms with Gasteiger partial charge in [-0.15, -0.1) is 0 Å². The zero-order valence-electron chi connectivity index (χ0n) is 10.6. The minimum atomic E-state index is 0.0633. The van der Waals surface area contributed by atoms with Crippen molar-refractivity contribution in [2.24, 2.45) is 5.92 Å². The van der Waals surface area contributed by atoms with Gasteiger partial charge < -0.3 is 4.42 Å². The topological polar surface area (TPSA) is 30.2 Å². The van der Waals surface area contributed by atoms with E-state index >= 15 is 0 Å². The highest BCUT2D eigenvalue weighted by Gasteiger charge is 2.34. The molecule has 88 valence electrons. The molecule has 1 atom stereocenters. The van der Waals surface area contributed by atoms with Crippen LogP contribution in [0, 0.1) is 12.8 Å². The summed E-state index contributed by atoms with van der Waals surface area (Å²) in [6.07, 6.45) is 2.86. The van der Waals surface area contributed by atoms with E-state index < -0.39 is 0 Å². The largest absolute Gasteiger partial charge is 0.466 e. The van der Waals surface area contributed by atoms with Crippen molar-refractivity contribution in [1.29, 1.82) is 0 Å². The molecule has 0 bridgehead atoms. The van der Waals surface area contributed by atoms with E-state index in [2.05, 4.69) is 19.9 Å². The molecular formula is C14H20O2. The molecular weight excluding hydrogens is 200 g/mol. The van der Waals surface area contributed by atoms with E-state index in [-0.39, 0.29) is 11.3 Å². The van der Waals surface area contributed by atoms with Gasteiger partial charge in [-0.05, 0) is 44.7 Å². The van der Waals surface area contributed by atoms with Gasteiger partial charge >= 0.3 is 0 Å². The van der Waals surface area contributed by atoms with Crippen LogP contribution in [0.3, 0.4) is 0 Å². The van der Waals surface area contributed by atoms with Gasteiger partial charge in [0, 0.05) is 11.3 Å². The summed E-state index contributed by atoms with van der Waals surface area (Å²) < 4.78 is 5.82. The summed E-state index contributed by atoms with van der Waals surface area (Å²) in [6, 6.07) is 2.10. The van der Waals surface area contributed by atoms with Crippen molar-refractivity contribution >= 4 is 5.78 Å². The Kier molecular flexibility index (Phi) is 2.69. The number of hydrogen-bond acceptors (Lipinski definition) is 2. The van der Waals surface area contributed by atoms with E-state index in [4.69, 9.17) is 4.42 Å². The molecule has 0 saturated heterocycles. The molecule has 0 spiro atoms. The van der Waals surface area contributed by atoms with E-state index in [9.17, 15) is 4.79 Å². The Labute approximate surface area is 97.0 Å². The van der Waals surface area contributed by atoms with Crippen LogP contribution in [-0.4, -0.2) is 5.78 Å². The van der Waals surface area contributed by atoms with Gasteiger partial charge in [-0.1, -0.05) is 13.8 Å². The van der Waals surface area contributed by atoms with Crippen LogP contribution in [0.25, 0.3) is 0 Å². The number of Topliss-reactive ketones (excluding diaryl/α,β-unsaturated/α-hetero) is 1. The summed E-state index contributed by atoms with van der Waals surface area (Å²) >= 11 is 0. The second-order valence-corrected chi connectivity index (χ2v) is 5.65. The van der Waals surface area contributed by atoms with Gasteiger partial charge in [0.1, 0.15) is 17.3 Å². The quantitative estimate of drug-likeness (QED) is 0.679. The summed E-state index contributed by atoms with van der Waals surface area (Å²) in [4.78, 5) is 11.5. The molecule has 1 unspecified atom stereocenters. The van der Waals surface area contributed by atoms with Gasteiger partial charge in [0.25, 0.3) is 0 Å². The average Bonchev–Trinajstić information content (AvgIpc) is 2.49. The maximum atomic E-state index is 11.5. The first kappa shape index (κ1) is 11.4. The molecule has 0 aliphatic heterocycles. The average molecular weight is 220 g/mol. The molecule has 0 radical (unpaired) electrons. The van der Waals surface area contributed by atoms with Crippen LogP contribution in [-0.2, 0) is 16.6 Å². The van der Waals surface area contributed by atoms with Gasteiger partial charge in [-0.3, -0.25) is 4.79 Å². The standard InChI is InChI=1S/C14H20O2/c1-9-7-12-8-11(10(2)15)5-6-14(3,4)13(12)16-9/h7,11H,5-6,8H2,1-4H3. The summed E-state index contributed by atoms with van der Waals surface area (Å²) in [6.45, 7) is 8.09. The number of ketones is 1. The van der Waals surface area contributed by atoms with Crippen LogP contribution in [0.2, 0.25) is 0 Å². The molecule has 2 heteroatoms. The number of rotatable bonds is 1. The van der Waals surface area contributed by atoms with Crippen molar-refractivity contribution in [3.8, 4) is 0 Å². The van der Waals surface area contributed by atoms with Crippen LogP contribution in [0.15, 0.2) is 10.5 Å². The maximum Gasteiger partial charge on any atom is 0.133 e. The predicted molar refractivity (Wildman–Crippen MR) is 63.6 cm³/mol. The summed E-state index contributed by atoms with van der Waals surface area (Å²) in [5.41, 5.74) is 1.30. The first-order chi connectivity index (χ1) is 7.40. The second kappa shape index (κ2) is 3.76. The van der Waals surface area contributed by atoms with Gasteiger partial charge in [-0.2, -0.15) is 0 Å². The summed E-state index contributed by atoms with van der Waals surface area (Å²) in [7, 11) is 0. The van der Waals surface area contributed by atoms with E-state index in [1.807, 2.05) is 6.92 Å². The van der Waals surface area contributed by atoms with Crippen LogP contribution in [0.1, 0.15) is 50.7 Å². The molecule has 0 N–H and O–H groups in total. The molecule has 2 nitrogen and oxygen atoms in total. The Hall–Kier alpha value is -1.05. The van der Waals surface area contributed by atoms with E-state index in [0.29, 0.717) is 5.78 Å². The molecule has 0 amide bonds. The minimum Gasteiger partial charge on any atom is -0.466 e. The number of hydrogen-bond donors (Lipinski definition) is 0.